The van der Waals surface area contributed by atoms with Gasteiger partial charge in [0.25, 0.3) is 5.91 Å². The van der Waals surface area contributed by atoms with Gasteiger partial charge in [0.1, 0.15) is 6.04 Å². The minimum absolute atomic E-state index is 0.0536. The molecule has 1 fully saturated rings. The summed E-state index contributed by atoms with van der Waals surface area (Å²) in [6, 6.07) is 5.42. The van der Waals surface area contributed by atoms with Gasteiger partial charge < -0.3 is 10.6 Å². The highest BCUT2D eigenvalue weighted by Crippen LogP contribution is 2.16. The lowest BCUT2D eigenvalue weighted by molar-refractivity contribution is -0.124. The van der Waals surface area contributed by atoms with Crippen LogP contribution in [0.1, 0.15) is 30.6 Å². The van der Waals surface area contributed by atoms with Crippen molar-refractivity contribution in [2.24, 2.45) is 5.92 Å². The van der Waals surface area contributed by atoms with E-state index in [-0.39, 0.29) is 23.3 Å². The van der Waals surface area contributed by atoms with Crippen LogP contribution in [-0.4, -0.2) is 43.8 Å². The highest BCUT2D eigenvalue weighted by molar-refractivity contribution is 7.91. The summed E-state index contributed by atoms with van der Waals surface area (Å²) in [7, 11) is -3.08. The Morgan fingerprint density at radius 3 is 2.46 bits per heavy atom. The fourth-order valence-corrected chi connectivity index (χ4v) is 4.49. The number of carbonyl (C=O) groups is 2. The van der Waals surface area contributed by atoms with Crippen LogP contribution in [-0.2, 0) is 14.6 Å². The second-order valence-corrected chi connectivity index (χ2v) is 8.92. The summed E-state index contributed by atoms with van der Waals surface area (Å²) >= 11 is 6.00. The molecule has 2 atom stereocenters. The average molecular weight is 373 g/mol. The van der Waals surface area contributed by atoms with Crippen LogP contribution in [0.2, 0.25) is 5.02 Å². The van der Waals surface area contributed by atoms with E-state index in [1.807, 2.05) is 13.8 Å². The first-order valence-electron chi connectivity index (χ1n) is 7.76. The third-order valence-electron chi connectivity index (χ3n) is 3.93. The second-order valence-electron chi connectivity index (χ2n) is 6.28. The highest BCUT2D eigenvalue weighted by Gasteiger charge is 2.32. The summed E-state index contributed by atoms with van der Waals surface area (Å²) in [5, 5.41) is 5.71. The van der Waals surface area contributed by atoms with Crippen molar-refractivity contribution < 1.29 is 18.0 Å². The van der Waals surface area contributed by atoms with Crippen LogP contribution in [0.25, 0.3) is 0 Å². The van der Waals surface area contributed by atoms with Crippen molar-refractivity contribution in [3.05, 3.63) is 34.9 Å². The molecule has 6 nitrogen and oxygen atoms in total. The molecule has 2 N–H and O–H groups in total. The molecule has 2 rings (SSSR count). The minimum atomic E-state index is -3.08. The number of nitrogens with one attached hydrogen (secondary N) is 2. The predicted molar refractivity (Wildman–Crippen MR) is 92.7 cm³/mol. The Morgan fingerprint density at radius 2 is 1.92 bits per heavy atom. The van der Waals surface area contributed by atoms with E-state index in [0.717, 1.165) is 0 Å². The fraction of sp³-hybridized carbons (Fsp3) is 0.500. The molecule has 0 radical (unpaired) electrons. The zero-order valence-corrected chi connectivity index (χ0v) is 15.2. The molecule has 0 spiro atoms. The van der Waals surface area contributed by atoms with Crippen molar-refractivity contribution in [2.45, 2.75) is 32.4 Å². The van der Waals surface area contributed by atoms with Gasteiger partial charge in [0.2, 0.25) is 5.91 Å². The predicted octanol–water partition coefficient (Wildman–Crippen LogP) is 1.40. The first-order chi connectivity index (χ1) is 11.2. The highest BCUT2D eigenvalue weighted by atomic mass is 35.5. The van der Waals surface area contributed by atoms with Gasteiger partial charge in [-0.05, 0) is 24.5 Å². The van der Waals surface area contributed by atoms with Gasteiger partial charge in [0.15, 0.2) is 9.84 Å². The third-order valence-corrected chi connectivity index (χ3v) is 6.03. The summed E-state index contributed by atoms with van der Waals surface area (Å²) in [6.45, 7) is 3.62. The summed E-state index contributed by atoms with van der Waals surface area (Å²) in [5.74, 6) is -0.950. The number of carbonyl (C=O) groups excluding carboxylic acids is 2. The monoisotopic (exact) mass is 372 g/mol. The lowest BCUT2D eigenvalue weighted by Crippen LogP contribution is -2.52. The Balaban J connectivity index is 2.05. The first kappa shape index (κ1) is 18.7. The topological polar surface area (TPSA) is 92.3 Å². The summed E-state index contributed by atoms with van der Waals surface area (Å²) in [4.78, 5) is 24.8. The Morgan fingerprint density at radius 1 is 1.25 bits per heavy atom. The van der Waals surface area contributed by atoms with Crippen molar-refractivity contribution in [3.63, 3.8) is 0 Å². The number of rotatable bonds is 5. The number of hydrogen-bond acceptors (Lipinski definition) is 4. The number of benzene rings is 1. The molecule has 132 valence electrons. The fourth-order valence-electron chi connectivity index (χ4n) is 2.60. The average Bonchev–Trinajstić information content (AvgIpc) is 2.83. The van der Waals surface area contributed by atoms with Gasteiger partial charge in [0, 0.05) is 6.04 Å². The van der Waals surface area contributed by atoms with E-state index in [0.29, 0.717) is 17.0 Å². The molecule has 24 heavy (non-hydrogen) atoms. The van der Waals surface area contributed by atoms with Gasteiger partial charge >= 0.3 is 0 Å². The number of halogens is 1. The molecule has 1 aliphatic heterocycles. The Kier molecular flexibility index (Phi) is 5.87. The number of sulfone groups is 1. The van der Waals surface area contributed by atoms with Crippen LogP contribution in [0.5, 0.6) is 0 Å². The van der Waals surface area contributed by atoms with Crippen molar-refractivity contribution in [1.29, 1.82) is 0 Å². The standard InChI is InChI=1S/C16H21ClN2O4S/c1-10(2)14(16(21)18-11-7-8-24(22,23)9-11)19-15(20)12-5-3-4-6-13(12)17/h3-6,10-11,14H,7-9H2,1-2H3,(H,18,21)(H,19,20). The van der Waals surface area contributed by atoms with Crippen LogP contribution in [0.15, 0.2) is 24.3 Å². The molecule has 2 amide bonds. The molecule has 1 aromatic carbocycles. The molecule has 0 saturated carbocycles. The Labute approximate surface area is 146 Å². The molecule has 1 aromatic rings. The van der Waals surface area contributed by atoms with Gasteiger partial charge in [-0.1, -0.05) is 37.6 Å². The van der Waals surface area contributed by atoms with Gasteiger partial charge in [0.05, 0.1) is 22.1 Å². The summed E-state index contributed by atoms with van der Waals surface area (Å²) in [5.41, 5.74) is 0.293. The van der Waals surface area contributed by atoms with Gasteiger partial charge in [-0.15, -0.1) is 0 Å². The van der Waals surface area contributed by atoms with Crippen LogP contribution < -0.4 is 10.6 Å². The molecule has 8 heteroatoms. The molecule has 0 aliphatic carbocycles. The lowest BCUT2D eigenvalue weighted by atomic mass is 10.0. The van der Waals surface area contributed by atoms with Crippen molar-refractivity contribution in [1.82, 2.24) is 10.6 Å². The maximum Gasteiger partial charge on any atom is 0.253 e. The van der Waals surface area contributed by atoms with Crippen LogP contribution >= 0.6 is 11.6 Å². The van der Waals surface area contributed by atoms with E-state index in [9.17, 15) is 18.0 Å². The van der Waals surface area contributed by atoms with Crippen LogP contribution in [0, 0.1) is 5.92 Å². The second kappa shape index (κ2) is 7.53. The zero-order chi connectivity index (χ0) is 17.9. The SMILES string of the molecule is CC(C)C(NC(=O)c1ccccc1Cl)C(=O)NC1CCS(=O)(=O)C1. The summed E-state index contributed by atoms with van der Waals surface area (Å²) < 4.78 is 23.0. The Hall–Kier alpha value is -1.60. The number of amides is 2. The van der Waals surface area contributed by atoms with E-state index >= 15 is 0 Å². The quantitative estimate of drug-likeness (QED) is 0.817. The normalized spacial score (nSPS) is 20.6. The van der Waals surface area contributed by atoms with E-state index in [1.54, 1.807) is 24.3 Å². The van der Waals surface area contributed by atoms with Gasteiger partial charge in [-0.3, -0.25) is 9.59 Å². The molecule has 2 unspecified atom stereocenters. The molecular weight excluding hydrogens is 352 g/mol. The molecule has 1 aliphatic rings. The zero-order valence-electron chi connectivity index (χ0n) is 13.6. The van der Waals surface area contributed by atoms with Crippen molar-refractivity contribution in [3.8, 4) is 0 Å². The molecule has 0 bridgehead atoms. The van der Waals surface area contributed by atoms with Gasteiger partial charge in [-0.2, -0.15) is 0 Å². The van der Waals surface area contributed by atoms with E-state index in [4.69, 9.17) is 11.6 Å². The Bertz CT molecular complexity index is 733. The van der Waals surface area contributed by atoms with Crippen molar-refractivity contribution in [2.75, 3.05) is 11.5 Å². The first-order valence-corrected chi connectivity index (χ1v) is 9.96. The lowest BCUT2D eigenvalue weighted by Gasteiger charge is -2.23. The molecule has 1 heterocycles. The van der Waals surface area contributed by atoms with Crippen LogP contribution in [0.3, 0.4) is 0 Å². The van der Waals surface area contributed by atoms with E-state index in [2.05, 4.69) is 10.6 Å². The summed E-state index contributed by atoms with van der Waals surface area (Å²) in [6.07, 6.45) is 0.400. The molecular formula is C16H21ClN2O4S. The smallest absolute Gasteiger partial charge is 0.253 e. The maximum atomic E-state index is 12.4. The van der Waals surface area contributed by atoms with E-state index in [1.165, 1.54) is 0 Å². The minimum Gasteiger partial charge on any atom is -0.351 e. The number of hydrogen-bond donors (Lipinski definition) is 2. The largest absolute Gasteiger partial charge is 0.351 e. The van der Waals surface area contributed by atoms with Crippen LogP contribution in [0.4, 0.5) is 0 Å². The molecule has 1 saturated heterocycles. The third kappa shape index (κ3) is 4.70. The van der Waals surface area contributed by atoms with E-state index < -0.39 is 27.8 Å². The van der Waals surface area contributed by atoms with Crippen molar-refractivity contribution >= 4 is 33.3 Å². The van der Waals surface area contributed by atoms with Gasteiger partial charge in [-0.25, -0.2) is 8.42 Å². The maximum absolute atomic E-state index is 12.4. The molecule has 0 aromatic heterocycles.